The minimum atomic E-state index is -0.478. The van der Waals surface area contributed by atoms with Gasteiger partial charge in [0.05, 0.1) is 11.0 Å². The van der Waals surface area contributed by atoms with Crippen LogP contribution in [0.3, 0.4) is 0 Å². The summed E-state index contributed by atoms with van der Waals surface area (Å²) in [5, 5.41) is 11.8. The van der Waals surface area contributed by atoms with E-state index in [0.717, 1.165) is 6.42 Å². The second-order valence-corrected chi connectivity index (χ2v) is 5.71. The molecule has 21 heavy (non-hydrogen) atoms. The zero-order valence-electron chi connectivity index (χ0n) is 12.8. The zero-order valence-corrected chi connectivity index (χ0v) is 13.6. The number of thioether (sulfide) groups is 1. The van der Waals surface area contributed by atoms with Crippen LogP contribution in [0.4, 0.5) is 5.69 Å². The smallest absolute Gasteiger partial charge is 0.352 e. The maximum atomic E-state index is 11.3. The normalized spacial score (nSPS) is 12.5. The Kier molecular flexibility index (Phi) is 6.83. The van der Waals surface area contributed by atoms with Crippen LogP contribution in [0.1, 0.15) is 39.3 Å². The van der Waals surface area contributed by atoms with Crippen LogP contribution < -0.4 is 10.5 Å². The van der Waals surface area contributed by atoms with E-state index >= 15 is 0 Å². The monoisotopic (exact) mass is 314 g/mol. The number of nitro groups is 1. The van der Waals surface area contributed by atoms with E-state index in [1.807, 2.05) is 13.2 Å². The third-order valence-electron chi connectivity index (χ3n) is 2.89. The summed E-state index contributed by atoms with van der Waals surface area (Å²) in [4.78, 5) is 19.2. The molecule has 0 aliphatic rings. The van der Waals surface area contributed by atoms with Crippen LogP contribution >= 0.6 is 11.8 Å². The molecule has 1 unspecified atom stereocenters. The summed E-state index contributed by atoms with van der Waals surface area (Å²) in [6, 6.07) is 0.00626. The Bertz CT molecular complexity index is 497. The summed E-state index contributed by atoms with van der Waals surface area (Å²) in [5.74, 6) is 0.0365. The van der Waals surface area contributed by atoms with Gasteiger partial charge in [0.15, 0.2) is 5.16 Å². The lowest BCUT2D eigenvalue weighted by molar-refractivity contribution is -0.387. The third kappa shape index (κ3) is 5.13. The molecule has 8 heteroatoms. The number of hydrogen-bond acceptors (Lipinski definition) is 7. The molecule has 118 valence electrons. The average Bonchev–Trinajstić information content (AvgIpc) is 2.42. The molecule has 0 aliphatic heterocycles. The van der Waals surface area contributed by atoms with Crippen LogP contribution in [0.2, 0.25) is 0 Å². The van der Waals surface area contributed by atoms with Gasteiger partial charge in [0.25, 0.3) is 5.88 Å². The number of nitrogens with zero attached hydrogens (tertiary/aromatic N) is 3. The number of aryl methyl sites for hydroxylation is 1. The van der Waals surface area contributed by atoms with Crippen molar-refractivity contribution >= 4 is 17.4 Å². The molecule has 0 aliphatic carbocycles. The van der Waals surface area contributed by atoms with Gasteiger partial charge >= 0.3 is 5.69 Å². The SMILES string of the molecule is CCC(N)CCc1nc(SC)nc(OC(C)C)c1[N+](=O)[O-]. The quantitative estimate of drug-likeness (QED) is 0.340. The number of hydrogen-bond donors (Lipinski definition) is 1. The molecular formula is C13H22N4O3S. The second kappa shape index (κ2) is 8.14. The first kappa shape index (κ1) is 17.6. The Balaban J connectivity index is 3.20. The predicted octanol–water partition coefficient (Wildman–Crippen LogP) is 2.56. The molecule has 0 amide bonds. The lowest BCUT2D eigenvalue weighted by atomic mass is 10.1. The fourth-order valence-electron chi connectivity index (χ4n) is 1.74. The van der Waals surface area contributed by atoms with Gasteiger partial charge in [0.1, 0.15) is 5.69 Å². The van der Waals surface area contributed by atoms with Gasteiger partial charge in [-0.1, -0.05) is 18.7 Å². The van der Waals surface area contributed by atoms with Crippen LogP contribution in [-0.2, 0) is 6.42 Å². The van der Waals surface area contributed by atoms with Crippen molar-refractivity contribution in [2.45, 2.75) is 57.3 Å². The zero-order chi connectivity index (χ0) is 16.0. The van der Waals surface area contributed by atoms with Crippen molar-refractivity contribution in [2.75, 3.05) is 6.26 Å². The molecule has 0 saturated heterocycles. The molecule has 1 atom stereocenters. The van der Waals surface area contributed by atoms with Crippen LogP contribution in [0, 0.1) is 10.1 Å². The first-order chi connectivity index (χ1) is 9.88. The van der Waals surface area contributed by atoms with Gasteiger partial charge in [-0.05, 0) is 39.4 Å². The number of ether oxygens (including phenoxy) is 1. The first-order valence-electron chi connectivity index (χ1n) is 6.90. The van der Waals surface area contributed by atoms with E-state index in [1.54, 1.807) is 13.8 Å². The minimum absolute atomic E-state index is 0.00626. The molecule has 1 rings (SSSR count). The molecule has 1 aromatic heterocycles. The Labute approximate surface area is 128 Å². The summed E-state index contributed by atoms with van der Waals surface area (Å²) < 4.78 is 5.49. The van der Waals surface area contributed by atoms with E-state index < -0.39 is 4.92 Å². The summed E-state index contributed by atoms with van der Waals surface area (Å²) in [6.45, 7) is 5.59. The topological polar surface area (TPSA) is 104 Å². The Morgan fingerprint density at radius 1 is 1.43 bits per heavy atom. The largest absolute Gasteiger partial charge is 0.470 e. The van der Waals surface area contributed by atoms with Crippen molar-refractivity contribution < 1.29 is 9.66 Å². The Hall–Kier alpha value is -1.41. The van der Waals surface area contributed by atoms with Crippen LogP contribution in [0.25, 0.3) is 0 Å². The molecular weight excluding hydrogens is 292 g/mol. The minimum Gasteiger partial charge on any atom is -0.470 e. The van der Waals surface area contributed by atoms with Crippen LogP contribution in [-0.4, -0.2) is 33.3 Å². The average molecular weight is 314 g/mol. The number of nitrogens with two attached hydrogens (primary N) is 1. The van der Waals surface area contributed by atoms with Crippen LogP contribution in [0.15, 0.2) is 5.16 Å². The van der Waals surface area contributed by atoms with Gasteiger partial charge in [-0.25, -0.2) is 4.98 Å². The maximum absolute atomic E-state index is 11.3. The van der Waals surface area contributed by atoms with Crippen molar-refractivity contribution in [1.82, 2.24) is 9.97 Å². The number of rotatable bonds is 8. The van der Waals surface area contributed by atoms with Crippen molar-refractivity contribution in [3.63, 3.8) is 0 Å². The molecule has 0 bridgehead atoms. The van der Waals surface area contributed by atoms with Gasteiger partial charge < -0.3 is 10.5 Å². The first-order valence-corrected chi connectivity index (χ1v) is 8.13. The molecule has 7 nitrogen and oxygen atoms in total. The van der Waals surface area contributed by atoms with E-state index in [4.69, 9.17) is 10.5 Å². The Morgan fingerprint density at radius 2 is 2.10 bits per heavy atom. The van der Waals surface area contributed by atoms with Gasteiger partial charge in [0.2, 0.25) is 0 Å². The Morgan fingerprint density at radius 3 is 2.57 bits per heavy atom. The predicted molar refractivity (Wildman–Crippen MR) is 82.8 cm³/mol. The molecule has 1 aromatic rings. The van der Waals surface area contributed by atoms with Crippen molar-refractivity contribution in [3.05, 3.63) is 15.8 Å². The molecule has 0 fully saturated rings. The highest BCUT2D eigenvalue weighted by Crippen LogP contribution is 2.31. The van der Waals surface area contributed by atoms with Gasteiger partial charge in [-0.15, -0.1) is 0 Å². The maximum Gasteiger partial charge on any atom is 0.352 e. The van der Waals surface area contributed by atoms with Gasteiger partial charge in [-0.3, -0.25) is 10.1 Å². The molecule has 2 N–H and O–H groups in total. The van der Waals surface area contributed by atoms with Crippen molar-refractivity contribution in [2.24, 2.45) is 5.73 Å². The molecule has 1 heterocycles. The molecule has 0 radical (unpaired) electrons. The van der Waals surface area contributed by atoms with Crippen LogP contribution in [0.5, 0.6) is 5.88 Å². The lowest BCUT2D eigenvalue weighted by Gasteiger charge is -2.13. The summed E-state index contributed by atoms with van der Waals surface area (Å²) >= 11 is 1.33. The van der Waals surface area contributed by atoms with Crippen molar-refractivity contribution in [1.29, 1.82) is 0 Å². The van der Waals surface area contributed by atoms with Crippen molar-refractivity contribution in [3.8, 4) is 5.88 Å². The highest BCUT2D eigenvalue weighted by molar-refractivity contribution is 7.98. The fourth-order valence-corrected chi connectivity index (χ4v) is 2.11. The van der Waals surface area contributed by atoms with E-state index in [-0.39, 0.29) is 23.7 Å². The summed E-state index contributed by atoms with van der Waals surface area (Å²) in [5.41, 5.74) is 6.13. The van der Waals surface area contributed by atoms with E-state index in [0.29, 0.717) is 23.7 Å². The standard InChI is InChI=1S/C13H22N4O3S/c1-5-9(14)6-7-10-11(17(18)19)12(20-8(2)3)16-13(15-10)21-4/h8-9H,5-7,14H2,1-4H3. The molecule has 0 saturated carbocycles. The lowest BCUT2D eigenvalue weighted by Crippen LogP contribution is -2.20. The summed E-state index contributed by atoms with van der Waals surface area (Å²) in [6.07, 6.45) is 3.53. The second-order valence-electron chi connectivity index (χ2n) is 4.94. The van der Waals surface area contributed by atoms with E-state index in [2.05, 4.69) is 9.97 Å². The van der Waals surface area contributed by atoms with E-state index in [1.165, 1.54) is 11.8 Å². The van der Waals surface area contributed by atoms with Gasteiger partial charge in [-0.2, -0.15) is 4.98 Å². The number of aromatic nitrogens is 2. The van der Waals surface area contributed by atoms with Gasteiger partial charge in [0, 0.05) is 6.04 Å². The third-order valence-corrected chi connectivity index (χ3v) is 3.44. The highest BCUT2D eigenvalue weighted by atomic mass is 32.2. The highest BCUT2D eigenvalue weighted by Gasteiger charge is 2.26. The molecule has 0 spiro atoms. The van der Waals surface area contributed by atoms with E-state index in [9.17, 15) is 10.1 Å². The molecule has 0 aromatic carbocycles. The summed E-state index contributed by atoms with van der Waals surface area (Å²) in [7, 11) is 0. The fraction of sp³-hybridized carbons (Fsp3) is 0.692.